The summed E-state index contributed by atoms with van der Waals surface area (Å²) in [6.07, 6.45) is 2.38. The van der Waals surface area contributed by atoms with Gasteiger partial charge in [-0.3, -0.25) is 9.59 Å². The molecular weight excluding hydrogens is 400 g/mol. The van der Waals surface area contributed by atoms with E-state index in [0.717, 1.165) is 24.4 Å². The van der Waals surface area contributed by atoms with Gasteiger partial charge in [0.05, 0.1) is 5.75 Å². The minimum absolute atomic E-state index is 0.0105. The molecule has 2 aromatic carbocycles. The lowest BCUT2D eigenvalue weighted by Crippen LogP contribution is -2.16. The molecule has 4 rings (SSSR count). The van der Waals surface area contributed by atoms with E-state index in [1.54, 1.807) is 24.3 Å². The summed E-state index contributed by atoms with van der Waals surface area (Å²) in [6, 6.07) is 16.6. The van der Waals surface area contributed by atoms with Crippen molar-refractivity contribution in [1.29, 1.82) is 0 Å². The molecule has 1 fully saturated rings. The maximum Gasteiger partial charge on any atom is 0.219 e. The van der Waals surface area contributed by atoms with Crippen molar-refractivity contribution in [3.63, 3.8) is 0 Å². The first-order valence-corrected chi connectivity index (χ1v) is 10.8. The highest BCUT2D eigenvalue weighted by Gasteiger charge is 2.30. The number of benzene rings is 2. The lowest BCUT2D eigenvalue weighted by Gasteiger charge is -2.09. The quantitative estimate of drug-likeness (QED) is 0.394. The van der Waals surface area contributed by atoms with E-state index in [2.05, 4.69) is 10.2 Å². The number of nitrogens with two attached hydrogens (primary N) is 1. The van der Waals surface area contributed by atoms with Crippen molar-refractivity contribution in [2.45, 2.75) is 36.9 Å². The summed E-state index contributed by atoms with van der Waals surface area (Å²) >= 11 is 1.33. The summed E-state index contributed by atoms with van der Waals surface area (Å²) in [5.74, 6) is 2.55. The SMILES string of the molecule is NC(=O)CCn1c(SCC(=O)c2ccc(Oc3ccccc3)cc2)nnc1C1CC1. The summed E-state index contributed by atoms with van der Waals surface area (Å²) in [5, 5.41) is 9.15. The summed E-state index contributed by atoms with van der Waals surface area (Å²) in [5.41, 5.74) is 5.90. The van der Waals surface area contributed by atoms with Gasteiger partial charge in [0.1, 0.15) is 17.3 Å². The molecule has 0 unspecified atom stereocenters. The van der Waals surface area contributed by atoms with E-state index in [9.17, 15) is 9.59 Å². The van der Waals surface area contributed by atoms with Crippen molar-refractivity contribution in [3.8, 4) is 11.5 Å². The second-order valence-corrected chi connectivity index (χ2v) is 8.08. The average Bonchev–Trinajstić information content (AvgIpc) is 3.52. The van der Waals surface area contributed by atoms with E-state index in [-0.39, 0.29) is 23.9 Å². The third-order valence-electron chi connectivity index (χ3n) is 4.76. The van der Waals surface area contributed by atoms with Crippen LogP contribution in [0.3, 0.4) is 0 Å². The molecule has 0 spiro atoms. The van der Waals surface area contributed by atoms with E-state index in [0.29, 0.717) is 28.9 Å². The van der Waals surface area contributed by atoms with Crippen LogP contribution in [-0.4, -0.2) is 32.2 Å². The fourth-order valence-corrected chi connectivity index (χ4v) is 3.90. The van der Waals surface area contributed by atoms with Crippen LogP contribution in [-0.2, 0) is 11.3 Å². The number of ketones is 1. The van der Waals surface area contributed by atoms with Gasteiger partial charge in [-0.2, -0.15) is 0 Å². The Morgan fingerprint density at radius 2 is 1.73 bits per heavy atom. The molecule has 1 saturated carbocycles. The van der Waals surface area contributed by atoms with Gasteiger partial charge in [0.15, 0.2) is 10.9 Å². The van der Waals surface area contributed by atoms with Crippen LogP contribution >= 0.6 is 11.8 Å². The number of hydrogen-bond acceptors (Lipinski definition) is 6. The van der Waals surface area contributed by atoms with Crippen molar-refractivity contribution >= 4 is 23.5 Å². The van der Waals surface area contributed by atoms with Crippen molar-refractivity contribution in [2.75, 3.05) is 5.75 Å². The van der Waals surface area contributed by atoms with Crippen LogP contribution in [0, 0.1) is 0 Å². The highest BCUT2D eigenvalue weighted by atomic mass is 32.2. The summed E-state index contributed by atoms with van der Waals surface area (Å²) < 4.78 is 7.69. The standard InChI is InChI=1S/C22H22N4O3S/c23-20(28)12-13-26-21(16-6-7-16)24-25-22(26)30-14-19(27)15-8-10-18(11-9-15)29-17-4-2-1-3-5-17/h1-5,8-11,16H,6-7,12-14H2,(H2,23,28). The number of primary amides is 1. The number of carbonyl (C=O) groups excluding carboxylic acids is 2. The zero-order valence-electron chi connectivity index (χ0n) is 16.4. The molecule has 30 heavy (non-hydrogen) atoms. The number of Topliss-reactive ketones (excluding diaryl/α,β-unsaturated/α-hetero) is 1. The zero-order valence-corrected chi connectivity index (χ0v) is 17.2. The molecule has 1 aliphatic rings. The molecule has 8 heteroatoms. The fraction of sp³-hybridized carbons (Fsp3) is 0.273. The Kier molecular flexibility index (Phi) is 6.13. The molecule has 0 aliphatic heterocycles. The lowest BCUT2D eigenvalue weighted by atomic mass is 10.1. The Balaban J connectivity index is 1.38. The lowest BCUT2D eigenvalue weighted by molar-refractivity contribution is -0.118. The second-order valence-electron chi connectivity index (χ2n) is 7.13. The van der Waals surface area contributed by atoms with E-state index in [1.807, 2.05) is 34.9 Å². The Morgan fingerprint density at radius 3 is 2.40 bits per heavy atom. The van der Waals surface area contributed by atoms with Crippen LogP contribution in [0.15, 0.2) is 59.8 Å². The maximum atomic E-state index is 12.6. The zero-order chi connectivity index (χ0) is 20.9. The minimum atomic E-state index is -0.365. The summed E-state index contributed by atoms with van der Waals surface area (Å²) in [4.78, 5) is 23.8. The van der Waals surface area contributed by atoms with E-state index in [1.165, 1.54) is 11.8 Å². The predicted octanol–water partition coefficient (Wildman–Crippen LogP) is 3.80. The number of rotatable bonds is 10. The molecule has 0 radical (unpaired) electrons. The fourth-order valence-electron chi connectivity index (χ4n) is 3.03. The number of thioether (sulfide) groups is 1. The number of carbonyl (C=O) groups is 2. The first-order valence-electron chi connectivity index (χ1n) is 9.80. The molecule has 1 heterocycles. The predicted molar refractivity (Wildman–Crippen MR) is 114 cm³/mol. The molecule has 1 aromatic heterocycles. The first kappa shape index (κ1) is 20.2. The highest BCUT2D eigenvalue weighted by molar-refractivity contribution is 7.99. The third-order valence-corrected chi connectivity index (χ3v) is 5.72. The molecule has 3 aromatic rings. The number of ether oxygens (including phenoxy) is 1. The Labute approximate surface area is 178 Å². The van der Waals surface area contributed by atoms with E-state index < -0.39 is 0 Å². The van der Waals surface area contributed by atoms with Crippen LogP contribution in [0.2, 0.25) is 0 Å². The van der Waals surface area contributed by atoms with Crippen LogP contribution in [0.5, 0.6) is 11.5 Å². The molecular formula is C22H22N4O3S. The van der Waals surface area contributed by atoms with Gasteiger partial charge in [-0.25, -0.2) is 0 Å². The van der Waals surface area contributed by atoms with Crippen LogP contribution in [0.1, 0.15) is 41.4 Å². The van der Waals surface area contributed by atoms with Gasteiger partial charge in [0.2, 0.25) is 5.91 Å². The molecule has 2 N–H and O–H groups in total. The number of amides is 1. The molecule has 0 saturated heterocycles. The van der Waals surface area contributed by atoms with Crippen LogP contribution in [0.25, 0.3) is 0 Å². The van der Waals surface area contributed by atoms with Gasteiger partial charge in [-0.1, -0.05) is 30.0 Å². The Morgan fingerprint density at radius 1 is 1.03 bits per heavy atom. The normalized spacial score (nSPS) is 13.2. The third kappa shape index (κ3) is 5.07. The van der Waals surface area contributed by atoms with Gasteiger partial charge in [-0.05, 0) is 49.2 Å². The van der Waals surface area contributed by atoms with E-state index in [4.69, 9.17) is 10.5 Å². The van der Waals surface area contributed by atoms with Crippen LogP contribution in [0.4, 0.5) is 0 Å². The second kappa shape index (κ2) is 9.13. The number of aromatic nitrogens is 3. The van der Waals surface area contributed by atoms with Gasteiger partial charge >= 0.3 is 0 Å². The molecule has 7 nitrogen and oxygen atoms in total. The average molecular weight is 423 g/mol. The summed E-state index contributed by atoms with van der Waals surface area (Å²) in [7, 11) is 0. The van der Waals surface area contributed by atoms with Crippen molar-refractivity contribution < 1.29 is 14.3 Å². The molecule has 0 atom stereocenters. The maximum absolute atomic E-state index is 12.6. The van der Waals surface area contributed by atoms with Crippen LogP contribution < -0.4 is 10.5 Å². The topological polar surface area (TPSA) is 100 Å². The Hall–Kier alpha value is -3.13. The Bertz CT molecular complexity index is 1030. The monoisotopic (exact) mass is 422 g/mol. The smallest absolute Gasteiger partial charge is 0.219 e. The van der Waals surface area contributed by atoms with Gasteiger partial charge in [0.25, 0.3) is 0 Å². The number of hydrogen-bond donors (Lipinski definition) is 1. The molecule has 154 valence electrons. The number of nitrogens with zero attached hydrogens (tertiary/aromatic N) is 3. The van der Waals surface area contributed by atoms with E-state index >= 15 is 0 Å². The molecule has 1 aliphatic carbocycles. The molecule has 1 amide bonds. The van der Waals surface area contributed by atoms with Crippen molar-refractivity contribution in [3.05, 3.63) is 66.0 Å². The van der Waals surface area contributed by atoms with Gasteiger partial charge < -0.3 is 15.0 Å². The highest BCUT2D eigenvalue weighted by Crippen LogP contribution is 2.40. The van der Waals surface area contributed by atoms with Crippen molar-refractivity contribution in [2.24, 2.45) is 5.73 Å². The number of para-hydroxylation sites is 1. The van der Waals surface area contributed by atoms with Gasteiger partial charge in [-0.15, -0.1) is 10.2 Å². The van der Waals surface area contributed by atoms with Crippen molar-refractivity contribution in [1.82, 2.24) is 14.8 Å². The largest absolute Gasteiger partial charge is 0.457 e. The minimum Gasteiger partial charge on any atom is -0.457 e. The summed E-state index contributed by atoms with van der Waals surface area (Å²) in [6.45, 7) is 0.441. The molecule has 0 bridgehead atoms. The first-order chi connectivity index (χ1) is 14.6. The van der Waals surface area contributed by atoms with Gasteiger partial charge in [0, 0.05) is 24.4 Å².